The summed E-state index contributed by atoms with van der Waals surface area (Å²) < 4.78 is 0. The van der Waals surface area contributed by atoms with E-state index in [0.717, 1.165) is 0 Å². The van der Waals surface area contributed by atoms with Crippen LogP contribution >= 0.6 is 11.6 Å². The number of aromatic amines is 1. The number of nitrogens with zero attached hydrogens (tertiary/aromatic N) is 1. The molecule has 1 heterocycles. The summed E-state index contributed by atoms with van der Waals surface area (Å²) in [6, 6.07) is 5.80. The lowest BCUT2D eigenvalue weighted by Gasteiger charge is -2.09. The van der Waals surface area contributed by atoms with E-state index in [2.05, 4.69) is 4.98 Å². The maximum atomic E-state index is 11.4. The van der Waals surface area contributed by atoms with Crippen LogP contribution in [0.1, 0.15) is 10.4 Å². The highest BCUT2D eigenvalue weighted by atomic mass is 35.5. The summed E-state index contributed by atoms with van der Waals surface area (Å²) in [5.41, 5.74) is 5.95. The summed E-state index contributed by atoms with van der Waals surface area (Å²) in [5.74, 6) is 4.65. The number of primary amides is 1. The Bertz CT molecular complexity index is 683. The lowest BCUT2D eigenvalue weighted by molar-refractivity contribution is -0.107. The van der Waals surface area contributed by atoms with Gasteiger partial charge in [0.1, 0.15) is 11.6 Å². The molecule has 0 saturated carbocycles. The van der Waals surface area contributed by atoms with Crippen molar-refractivity contribution < 1.29 is 14.7 Å². The third-order valence-corrected chi connectivity index (χ3v) is 2.92. The molecule has 0 bridgehead atoms. The van der Waals surface area contributed by atoms with E-state index >= 15 is 0 Å². The van der Waals surface area contributed by atoms with Crippen molar-refractivity contribution in [2.75, 3.05) is 5.01 Å². The number of nitrogens with two attached hydrogens (primary N) is 2. The third kappa shape index (κ3) is 2.44. The van der Waals surface area contributed by atoms with Crippen molar-refractivity contribution in [2.24, 2.45) is 11.6 Å². The minimum Gasteiger partial charge on any atom is -0.507 e. The molecule has 0 spiro atoms. The summed E-state index contributed by atoms with van der Waals surface area (Å²) in [7, 11) is 0. The van der Waals surface area contributed by atoms with Gasteiger partial charge in [-0.3, -0.25) is 9.59 Å². The quantitative estimate of drug-likeness (QED) is 0.290. The first-order valence-corrected chi connectivity index (χ1v) is 5.82. The predicted octanol–water partition coefficient (Wildman–Crippen LogP) is 0.976. The van der Waals surface area contributed by atoms with Gasteiger partial charge < -0.3 is 15.8 Å². The van der Waals surface area contributed by atoms with E-state index in [4.69, 9.17) is 23.2 Å². The van der Waals surface area contributed by atoms with Gasteiger partial charge in [-0.1, -0.05) is 11.6 Å². The smallest absolute Gasteiger partial charge is 0.252 e. The number of nitrogens with one attached hydrogen (secondary N) is 1. The molecule has 8 heteroatoms. The third-order valence-electron chi connectivity index (χ3n) is 2.68. The second kappa shape index (κ2) is 5.24. The Morgan fingerprint density at radius 2 is 2.10 bits per heavy atom. The number of phenolic OH excluding ortho intramolecular Hbond substituents is 1. The fraction of sp³-hybridized carbons (Fsp3) is 0. The molecule has 7 nitrogen and oxygen atoms in total. The Kier molecular flexibility index (Phi) is 3.64. The Morgan fingerprint density at radius 1 is 1.40 bits per heavy atom. The van der Waals surface area contributed by atoms with Crippen LogP contribution in [0.3, 0.4) is 0 Å². The second-order valence-electron chi connectivity index (χ2n) is 3.98. The largest absolute Gasteiger partial charge is 0.507 e. The summed E-state index contributed by atoms with van der Waals surface area (Å²) in [6.07, 6.45) is 0.319. The second-order valence-corrected chi connectivity index (χ2v) is 4.42. The number of hydrazine groups is 1. The number of halogens is 1. The van der Waals surface area contributed by atoms with Crippen LogP contribution in [0.5, 0.6) is 5.75 Å². The van der Waals surface area contributed by atoms with E-state index in [1.807, 2.05) is 0 Å². The number of aromatic nitrogens is 1. The van der Waals surface area contributed by atoms with Crippen LogP contribution in [0.4, 0.5) is 5.82 Å². The van der Waals surface area contributed by atoms with E-state index in [-0.39, 0.29) is 17.1 Å². The zero-order valence-corrected chi connectivity index (χ0v) is 10.9. The first-order valence-electron chi connectivity index (χ1n) is 5.45. The van der Waals surface area contributed by atoms with Crippen LogP contribution in [0.25, 0.3) is 11.3 Å². The lowest BCUT2D eigenvalue weighted by atomic mass is 10.1. The molecule has 2 rings (SSSR count). The van der Waals surface area contributed by atoms with Crippen LogP contribution < -0.4 is 16.6 Å². The molecule has 0 fully saturated rings. The highest BCUT2D eigenvalue weighted by Crippen LogP contribution is 2.33. The maximum Gasteiger partial charge on any atom is 0.252 e. The van der Waals surface area contributed by atoms with Crippen molar-refractivity contribution >= 4 is 29.7 Å². The van der Waals surface area contributed by atoms with E-state index < -0.39 is 5.91 Å². The van der Waals surface area contributed by atoms with Crippen molar-refractivity contribution in [1.29, 1.82) is 0 Å². The van der Waals surface area contributed by atoms with Crippen molar-refractivity contribution in [2.45, 2.75) is 0 Å². The molecular weight excluding hydrogens is 284 g/mol. The molecule has 0 radical (unpaired) electrons. The number of benzene rings is 1. The number of H-pyrrole nitrogens is 1. The van der Waals surface area contributed by atoms with Gasteiger partial charge in [0.25, 0.3) is 5.91 Å². The topological polar surface area (TPSA) is 125 Å². The van der Waals surface area contributed by atoms with Crippen molar-refractivity contribution in [3.05, 3.63) is 34.9 Å². The van der Waals surface area contributed by atoms with E-state index in [1.165, 1.54) is 24.3 Å². The van der Waals surface area contributed by atoms with Crippen LogP contribution in [0.2, 0.25) is 5.02 Å². The molecule has 104 valence electrons. The number of hydrogen-bond donors (Lipinski definition) is 4. The van der Waals surface area contributed by atoms with Gasteiger partial charge in [0.05, 0.1) is 11.3 Å². The molecule has 0 atom stereocenters. The number of amides is 2. The number of rotatable bonds is 4. The van der Waals surface area contributed by atoms with Crippen LogP contribution in [0, 0.1) is 0 Å². The molecular formula is C12H11ClN4O3. The molecule has 1 aromatic heterocycles. The van der Waals surface area contributed by atoms with Crippen LogP contribution in [-0.4, -0.2) is 22.4 Å². The number of phenols is 1. The summed E-state index contributed by atoms with van der Waals surface area (Å²) in [5, 5.41) is 10.9. The van der Waals surface area contributed by atoms with Gasteiger partial charge in [-0.15, -0.1) is 0 Å². The van der Waals surface area contributed by atoms with Crippen molar-refractivity contribution in [3.63, 3.8) is 0 Å². The van der Waals surface area contributed by atoms with Gasteiger partial charge >= 0.3 is 0 Å². The summed E-state index contributed by atoms with van der Waals surface area (Å²) >= 11 is 5.86. The van der Waals surface area contributed by atoms with Gasteiger partial charge in [-0.05, 0) is 24.3 Å². The molecule has 0 unspecified atom stereocenters. The number of hydrogen-bond acceptors (Lipinski definition) is 4. The standard InChI is InChI=1S/C12H11ClN4O3/c13-6-1-2-10(19)7(3-6)9-4-8(11(14)20)12(16-9)17(15)5-18/h1-5,16,19H,15H2,(H2,14,20). The molecule has 1 aromatic carbocycles. The highest BCUT2D eigenvalue weighted by molar-refractivity contribution is 6.31. The Hall–Kier alpha value is -2.51. The van der Waals surface area contributed by atoms with E-state index in [1.54, 1.807) is 0 Å². The molecule has 0 saturated heterocycles. The van der Waals surface area contributed by atoms with Gasteiger partial charge in [0, 0.05) is 10.6 Å². The Balaban J connectivity index is 2.61. The molecule has 2 aromatic rings. The Labute approximate surface area is 118 Å². The number of carbonyl (C=O) groups is 2. The molecule has 0 aliphatic heterocycles. The molecule has 0 aliphatic carbocycles. The lowest BCUT2D eigenvalue weighted by Crippen LogP contribution is -2.31. The number of aromatic hydroxyl groups is 1. The van der Waals surface area contributed by atoms with Gasteiger partial charge in [0.15, 0.2) is 0 Å². The van der Waals surface area contributed by atoms with Crippen LogP contribution in [-0.2, 0) is 4.79 Å². The van der Waals surface area contributed by atoms with Crippen molar-refractivity contribution in [1.82, 2.24) is 4.98 Å². The number of carbonyl (C=O) groups excluding carboxylic acids is 2. The first kappa shape index (κ1) is 13.9. The zero-order chi connectivity index (χ0) is 14.9. The van der Waals surface area contributed by atoms with Gasteiger partial charge in [-0.25, -0.2) is 10.9 Å². The maximum absolute atomic E-state index is 11.4. The molecule has 0 aliphatic rings. The number of anilines is 1. The molecule has 20 heavy (non-hydrogen) atoms. The Morgan fingerprint density at radius 3 is 2.70 bits per heavy atom. The summed E-state index contributed by atoms with van der Waals surface area (Å²) in [6.45, 7) is 0. The monoisotopic (exact) mass is 294 g/mol. The molecule has 6 N–H and O–H groups in total. The average molecular weight is 295 g/mol. The fourth-order valence-corrected chi connectivity index (χ4v) is 1.93. The normalized spacial score (nSPS) is 10.3. The summed E-state index contributed by atoms with van der Waals surface area (Å²) in [4.78, 5) is 24.8. The minimum atomic E-state index is -0.763. The van der Waals surface area contributed by atoms with E-state index in [9.17, 15) is 14.7 Å². The SMILES string of the molecule is NC(=O)c1cc(-c2cc(Cl)ccc2O)[nH]c1N(N)C=O. The predicted molar refractivity (Wildman–Crippen MR) is 74.2 cm³/mol. The minimum absolute atomic E-state index is 0.0222. The first-order chi connectivity index (χ1) is 9.43. The zero-order valence-electron chi connectivity index (χ0n) is 10.1. The molecule has 2 amide bonds. The fourth-order valence-electron chi connectivity index (χ4n) is 1.76. The average Bonchev–Trinajstić information content (AvgIpc) is 2.85. The van der Waals surface area contributed by atoms with E-state index in [0.29, 0.717) is 27.7 Å². The van der Waals surface area contributed by atoms with Gasteiger partial charge in [-0.2, -0.15) is 0 Å². The van der Waals surface area contributed by atoms with Gasteiger partial charge in [0.2, 0.25) is 6.41 Å². The highest BCUT2D eigenvalue weighted by Gasteiger charge is 2.18. The van der Waals surface area contributed by atoms with Crippen molar-refractivity contribution in [3.8, 4) is 17.0 Å². The van der Waals surface area contributed by atoms with Crippen LogP contribution in [0.15, 0.2) is 24.3 Å².